The van der Waals surface area contributed by atoms with E-state index in [1.165, 1.54) is 64.1 Å². The van der Waals surface area contributed by atoms with Crippen LogP contribution in [0.1, 0.15) is 76.8 Å². The van der Waals surface area contributed by atoms with Gasteiger partial charge < -0.3 is 4.42 Å². The summed E-state index contributed by atoms with van der Waals surface area (Å²) in [5.41, 5.74) is 0.930. The Hall–Kier alpha value is -0.990. The summed E-state index contributed by atoms with van der Waals surface area (Å²) in [5.74, 6) is -0.336. The first kappa shape index (κ1) is 15.1. The Morgan fingerprint density at radius 3 is 2.00 bits per heavy atom. The molecule has 0 amide bonds. The van der Waals surface area contributed by atoms with Crippen molar-refractivity contribution in [1.29, 1.82) is 0 Å². The molecule has 3 nitrogen and oxygen atoms in total. The van der Waals surface area contributed by atoms with Gasteiger partial charge >= 0.3 is 5.76 Å². The topological polar surface area (TPSA) is 46.0 Å². The fourth-order valence-corrected chi connectivity index (χ4v) is 2.24. The fraction of sp³-hybridized carbons (Fsp3) is 0.800. The highest BCUT2D eigenvalue weighted by Gasteiger charge is 1.97. The van der Waals surface area contributed by atoms with E-state index < -0.39 is 0 Å². The van der Waals surface area contributed by atoms with Gasteiger partial charge in [-0.05, 0) is 12.8 Å². The van der Waals surface area contributed by atoms with Gasteiger partial charge in [0.1, 0.15) is 6.26 Å². The van der Waals surface area contributed by atoms with Crippen molar-refractivity contribution in [3.63, 3.8) is 0 Å². The van der Waals surface area contributed by atoms with E-state index in [2.05, 4.69) is 11.9 Å². The SMILES string of the molecule is CCCCCCCCCCCCc1coc(=O)[nH]1. The van der Waals surface area contributed by atoms with Gasteiger partial charge in [0.05, 0.1) is 5.69 Å². The summed E-state index contributed by atoms with van der Waals surface area (Å²) in [5, 5.41) is 0. The van der Waals surface area contributed by atoms with E-state index in [4.69, 9.17) is 4.42 Å². The minimum absolute atomic E-state index is 0.336. The Balaban J connectivity index is 1.83. The average Bonchev–Trinajstić information content (AvgIpc) is 2.77. The second-order valence-corrected chi connectivity index (χ2v) is 5.11. The summed E-state index contributed by atoms with van der Waals surface area (Å²) in [7, 11) is 0. The van der Waals surface area contributed by atoms with Crippen molar-refractivity contribution in [2.45, 2.75) is 77.6 Å². The molecule has 3 heteroatoms. The predicted molar refractivity (Wildman–Crippen MR) is 74.9 cm³/mol. The van der Waals surface area contributed by atoms with E-state index in [9.17, 15) is 4.79 Å². The minimum atomic E-state index is -0.336. The van der Waals surface area contributed by atoms with E-state index in [0.717, 1.165) is 18.5 Å². The molecule has 0 aromatic carbocycles. The maximum Gasteiger partial charge on any atom is 0.416 e. The highest BCUT2D eigenvalue weighted by atomic mass is 16.4. The van der Waals surface area contributed by atoms with Crippen molar-refractivity contribution in [3.8, 4) is 0 Å². The van der Waals surface area contributed by atoms with Crippen molar-refractivity contribution >= 4 is 0 Å². The zero-order chi connectivity index (χ0) is 13.1. The third-order valence-corrected chi connectivity index (χ3v) is 3.37. The molecule has 0 saturated heterocycles. The van der Waals surface area contributed by atoms with Crippen molar-refractivity contribution in [2.75, 3.05) is 0 Å². The van der Waals surface area contributed by atoms with Crippen LogP contribution in [0.2, 0.25) is 0 Å². The molecule has 1 heterocycles. The Morgan fingerprint density at radius 2 is 1.50 bits per heavy atom. The van der Waals surface area contributed by atoms with Gasteiger partial charge in [-0.3, -0.25) is 4.98 Å². The standard InChI is InChI=1S/C15H27NO2/c1-2-3-4-5-6-7-8-9-10-11-12-14-13-18-15(17)16-14/h13H,2-12H2,1H3,(H,16,17). The maximum atomic E-state index is 10.8. The number of aromatic nitrogens is 1. The van der Waals surface area contributed by atoms with Crippen LogP contribution in [0.5, 0.6) is 0 Å². The first-order valence-corrected chi connectivity index (χ1v) is 7.49. The molecule has 0 aliphatic rings. The molecule has 1 aromatic rings. The first-order chi connectivity index (χ1) is 8.83. The Labute approximate surface area is 110 Å². The molecule has 1 rings (SSSR count). The largest absolute Gasteiger partial charge is 0.416 e. The van der Waals surface area contributed by atoms with Gasteiger partial charge in [0.25, 0.3) is 0 Å². The van der Waals surface area contributed by atoms with Crippen LogP contribution in [0, 0.1) is 0 Å². The maximum absolute atomic E-state index is 10.8. The molecule has 0 fully saturated rings. The van der Waals surface area contributed by atoms with E-state index in [-0.39, 0.29) is 5.76 Å². The number of oxazole rings is 1. The summed E-state index contributed by atoms with van der Waals surface area (Å²) in [4.78, 5) is 13.4. The summed E-state index contributed by atoms with van der Waals surface area (Å²) in [6, 6.07) is 0. The zero-order valence-electron chi connectivity index (χ0n) is 11.7. The molecule has 0 unspecified atom stereocenters. The Bertz CT molecular complexity index is 340. The van der Waals surface area contributed by atoms with Crippen LogP contribution < -0.4 is 5.76 Å². The molecule has 18 heavy (non-hydrogen) atoms. The van der Waals surface area contributed by atoms with Crippen LogP contribution in [0.25, 0.3) is 0 Å². The van der Waals surface area contributed by atoms with Crippen molar-refractivity contribution < 1.29 is 4.42 Å². The average molecular weight is 253 g/mol. The quantitative estimate of drug-likeness (QED) is 0.593. The van der Waals surface area contributed by atoms with E-state index in [1.54, 1.807) is 0 Å². The van der Waals surface area contributed by atoms with Crippen LogP contribution in [-0.2, 0) is 6.42 Å². The number of aromatic amines is 1. The predicted octanol–water partition coefficient (Wildman–Crippen LogP) is 4.43. The van der Waals surface area contributed by atoms with Crippen LogP contribution in [-0.4, -0.2) is 4.98 Å². The van der Waals surface area contributed by atoms with Gasteiger partial charge in [-0.2, -0.15) is 0 Å². The lowest BCUT2D eigenvalue weighted by Crippen LogP contribution is -1.97. The number of unbranched alkanes of at least 4 members (excludes halogenated alkanes) is 9. The summed E-state index contributed by atoms with van der Waals surface area (Å²) in [6.07, 6.45) is 15.9. The third-order valence-electron chi connectivity index (χ3n) is 3.37. The highest BCUT2D eigenvalue weighted by molar-refractivity contribution is 4.90. The molecule has 104 valence electrons. The normalized spacial score (nSPS) is 10.9. The molecule has 0 radical (unpaired) electrons. The Kier molecular flexibility index (Phi) is 8.36. The van der Waals surface area contributed by atoms with Gasteiger partial charge in [0, 0.05) is 0 Å². The van der Waals surface area contributed by atoms with Gasteiger partial charge in [-0.1, -0.05) is 64.7 Å². The molecule has 1 N–H and O–H groups in total. The second-order valence-electron chi connectivity index (χ2n) is 5.11. The molecule has 0 aliphatic carbocycles. The summed E-state index contributed by atoms with van der Waals surface area (Å²) < 4.78 is 4.70. The van der Waals surface area contributed by atoms with Gasteiger partial charge in [-0.15, -0.1) is 0 Å². The van der Waals surface area contributed by atoms with E-state index in [1.807, 2.05) is 0 Å². The minimum Gasteiger partial charge on any atom is -0.416 e. The van der Waals surface area contributed by atoms with Crippen LogP contribution >= 0.6 is 0 Å². The highest BCUT2D eigenvalue weighted by Crippen LogP contribution is 2.11. The first-order valence-electron chi connectivity index (χ1n) is 7.49. The van der Waals surface area contributed by atoms with E-state index >= 15 is 0 Å². The summed E-state index contributed by atoms with van der Waals surface area (Å²) >= 11 is 0. The Morgan fingerprint density at radius 1 is 0.944 bits per heavy atom. The van der Waals surface area contributed by atoms with Gasteiger partial charge in [-0.25, -0.2) is 4.79 Å². The number of rotatable bonds is 11. The molecule has 0 bridgehead atoms. The molecule has 0 saturated carbocycles. The molecular weight excluding hydrogens is 226 g/mol. The molecule has 0 aliphatic heterocycles. The van der Waals surface area contributed by atoms with Crippen molar-refractivity contribution in [3.05, 3.63) is 22.5 Å². The zero-order valence-corrected chi connectivity index (χ0v) is 11.7. The lowest BCUT2D eigenvalue weighted by Gasteiger charge is -2.01. The molecular formula is C15H27NO2. The van der Waals surface area contributed by atoms with E-state index in [0.29, 0.717) is 0 Å². The number of aryl methyl sites for hydroxylation is 1. The lowest BCUT2D eigenvalue weighted by atomic mass is 10.1. The third kappa shape index (κ3) is 7.36. The number of H-pyrrole nitrogens is 1. The second kappa shape index (κ2) is 9.98. The van der Waals surface area contributed by atoms with Gasteiger partial charge in [0.2, 0.25) is 0 Å². The number of hydrogen-bond acceptors (Lipinski definition) is 2. The van der Waals surface area contributed by atoms with Crippen LogP contribution in [0.3, 0.4) is 0 Å². The number of hydrogen-bond donors (Lipinski definition) is 1. The smallest absolute Gasteiger partial charge is 0.416 e. The monoisotopic (exact) mass is 253 g/mol. The molecule has 0 spiro atoms. The van der Waals surface area contributed by atoms with Crippen LogP contribution in [0.15, 0.2) is 15.5 Å². The number of nitrogens with one attached hydrogen (secondary N) is 1. The molecule has 0 atom stereocenters. The van der Waals surface area contributed by atoms with Crippen molar-refractivity contribution in [2.24, 2.45) is 0 Å². The molecule has 1 aromatic heterocycles. The van der Waals surface area contributed by atoms with Crippen LogP contribution in [0.4, 0.5) is 0 Å². The fourth-order valence-electron chi connectivity index (χ4n) is 2.24. The summed E-state index contributed by atoms with van der Waals surface area (Å²) in [6.45, 7) is 2.26. The van der Waals surface area contributed by atoms with Crippen molar-refractivity contribution in [1.82, 2.24) is 4.98 Å². The van der Waals surface area contributed by atoms with Gasteiger partial charge in [0.15, 0.2) is 0 Å². The lowest BCUT2D eigenvalue weighted by molar-refractivity contribution is 0.514.